The lowest BCUT2D eigenvalue weighted by Gasteiger charge is -2.11. The highest BCUT2D eigenvalue weighted by atomic mass is 16.6. The number of anilines is 2. The summed E-state index contributed by atoms with van der Waals surface area (Å²) in [5, 5.41) is 63.8. The van der Waals surface area contributed by atoms with Crippen molar-refractivity contribution in [2.24, 2.45) is 0 Å². The van der Waals surface area contributed by atoms with Gasteiger partial charge in [0.05, 0.1) is 26.9 Å². The number of nitrogens with one attached hydrogen (secondary N) is 1. The second-order valence-corrected chi connectivity index (χ2v) is 4.61. The topological polar surface area (TPSA) is 202 Å². The number of non-ortho nitro benzene ring substituents is 1. The maximum Gasteiger partial charge on any atom is 0.306 e. The summed E-state index contributed by atoms with van der Waals surface area (Å²) in [5.74, 6) is -2.06. The Morgan fingerprint density at radius 2 is 1.16 bits per heavy atom. The van der Waals surface area contributed by atoms with E-state index in [1.807, 2.05) is 0 Å². The number of nitro groups is 3. The van der Waals surface area contributed by atoms with Crippen LogP contribution in [0.1, 0.15) is 0 Å². The number of hydrogen-bond acceptors (Lipinski definition) is 10. The molecule has 0 amide bonds. The normalized spacial score (nSPS) is 10.2. The van der Waals surface area contributed by atoms with Gasteiger partial charge >= 0.3 is 11.4 Å². The Labute approximate surface area is 136 Å². The zero-order valence-corrected chi connectivity index (χ0v) is 11.9. The molecular weight excluding hydrogens is 344 g/mol. The van der Waals surface area contributed by atoms with Gasteiger partial charge in [0.25, 0.3) is 5.69 Å². The van der Waals surface area contributed by atoms with Crippen LogP contribution >= 0.6 is 0 Å². The molecule has 0 aromatic heterocycles. The lowest BCUT2D eigenvalue weighted by molar-refractivity contribution is -0.401. The van der Waals surface area contributed by atoms with Crippen LogP contribution in [0.25, 0.3) is 0 Å². The van der Waals surface area contributed by atoms with Gasteiger partial charge < -0.3 is 20.6 Å². The summed E-state index contributed by atoms with van der Waals surface area (Å²) in [4.78, 5) is 29.8. The first-order valence-electron chi connectivity index (χ1n) is 6.25. The molecule has 0 aliphatic heterocycles. The molecule has 0 atom stereocenters. The Morgan fingerprint density at radius 1 is 0.720 bits per heavy atom. The SMILES string of the molecule is O=[N+]([O-])c1cc([N+](=O)[O-])c(Nc2c(O)cc(O)cc2O)c([N+](=O)[O-])c1. The van der Waals surface area contributed by atoms with Gasteiger partial charge in [-0.3, -0.25) is 30.3 Å². The molecule has 2 aromatic rings. The zero-order chi connectivity index (χ0) is 18.9. The van der Waals surface area contributed by atoms with Gasteiger partial charge in [0.15, 0.2) is 5.69 Å². The molecule has 13 heteroatoms. The predicted octanol–water partition coefficient (Wildman–Crippen LogP) is 2.27. The quantitative estimate of drug-likeness (QED) is 0.267. The van der Waals surface area contributed by atoms with Gasteiger partial charge in [0.1, 0.15) is 22.9 Å². The van der Waals surface area contributed by atoms with E-state index < -0.39 is 60.5 Å². The van der Waals surface area contributed by atoms with Gasteiger partial charge in [-0.25, -0.2) is 0 Å². The molecule has 0 aliphatic rings. The summed E-state index contributed by atoms with van der Waals surface area (Å²) in [6, 6.07) is 2.52. The Balaban J connectivity index is 2.74. The molecule has 0 radical (unpaired) electrons. The second kappa shape index (κ2) is 6.15. The fourth-order valence-electron chi connectivity index (χ4n) is 1.97. The molecule has 13 nitrogen and oxygen atoms in total. The Kier molecular flexibility index (Phi) is 4.23. The van der Waals surface area contributed by atoms with Crippen molar-refractivity contribution >= 4 is 28.4 Å². The molecule has 130 valence electrons. The average Bonchev–Trinajstić information content (AvgIpc) is 2.49. The Morgan fingerprint density at radius 3 is 1.52 bits per heavy atom. The molecule has 2 rings (SSSR count). The molecule has 25 heavy (non-hydrogen) atoms. The summed E-state index contributed by atoms with van der Waals surface area (Å²) in [7, 11) is 0. The molecule has 0 saturated heterocycles. The fraction of sp³-hybridized carbons (Fsp3) is 0. The molecule has 0 heterocycles. The molecule has 4 N–H and O–H groups in total. The number of aromatic hydroxyl groups is 3. The summed E-state index contributed by atoms with van der Waals surface area (Å²) in [6.07, 6.45) is 0. The van der Waals surface area contributed by atoms with Crippen LogP contribution in [0.2, 0.25) is 0 Å². The Bertz CT molecular complexity index is 853. The summed E-state index contributed by atoms with van der Waals surface area (Å²) >= 11 is 0. The minimum absolute atomic E-state index is 0.490. The highest BCUT2D eigenvalue weighted by molar-refractivity contribution is 5.85. The number of nitrogens with zero attached hydrogens (tertiary/aromatic N) is 3. The molecule has 0 saturated carbocycles. The van der Waals surface area contributed by atoms with Crippen molar-refractivity contribution in [2.45, 2.75) is 0 Å². The van der Waals surface area contributed by atoms with E-state index in [-0.39, 0.29) is 0 Å². The van der Waals surface area contributed by atoms with E-state index in [1.54, 1.807) is 0 Å². The average molecular weight is 352 g/mol. The van der Waals surface area contributed by atoms with Crippen LogP contribution < -0.4 is 5.32 Å². The number of benzene rings is 2. The van der Waals surface area contributed by atoms with Crippen LogP contribution in [0, 0.1) is 30.3 Å². The van der Waals surface area contributed by atoms with Crippen LogP contribution in [-0.4, -0.2) is 30.1 Å². The Hall–Kier alpha value is -4.16. The predicted molar refractivity (Wildman–Crippen MR) is 81.1 cm³/mol. The number of nitro benzene ring substituents is 3. The van der Waals surface area contributed by atoms with Gasteiger partial charge in [-0.2, -0.15) is 0 Å². The van der Waals surface area contributed by atoms with Gasteiger partial charge in [-0.15, -0.1) is 0 Å². The first-order valence-corrected chi connectivity index (χ1v) is 6.25. The van der Waals surface area contributed by atoms with E-state index in [1.165, 1.54) is 0 Å². The monoisotopic (exact) mass is 352 g/mol. The smallest absolute Gasteiger partial charge is 0.306 e. The highest BCUT2D eigenvalue weighted by Gasteiger charge is 2.31. The largest absolute Gasteiger partial charge is 0.508 e. The van der Waals surface area contributed by atoms with Crippen LogP contribution in [0.3, 0.4) is 0 Å². The van der Waals surface area contributed by atoms with Gasteiger partial charge in [-0.05, 0) is 0 Å². The van der Waals surface area contributed by atoms with Crippen molar-refractivity contribution in [1.29, 1.82) is 0 Å². The second-order valence-electron chi connectivity index (χ2n) is 4.61. The molecule has 2 aromatic carbocycles. The molecule has 0 aliphatic carbocycles. The van der Waals surface area contributed by atoms with E-state index >= 15 is 0 Å². The van der Waals surface area contributed by atoms with Crippen molar-refractivity contribution in [3.63, 3.8) is 0 Å². The molecule has 0 bridgehead atoms. The molecular formula is C12H8N4O9. The lowest BCUT2D eigenvalue weighted by atomic mass is 10.1. The van der Waals surface area contributed by atoms with Gasteiger partial charge in [0, 0.05) is 12.1 Å². The van der Waals surface area contributed by atoms with Crippen molar-refractivity contribution < 1.29 is 30.1 Å². The number of hydrogen-bond donors (Lipinski definition) is 4. The highest BCUT2D eigenvalue weighted by Crippen LogP contribution is 2.45. The summed E-state index contributed by atoms with van der Waals surface area (Å²) < 4.78 is 0. The van der Waals surface area contributed by atoms with Crippen LogP contribution in [0.5, 0.6) is 17.2 Å². The number of rotatable bonds is 5. The van der Waals surface area contributed by atoms with Crippen molar-refractivity contribution in [3.05, 3.63) is 54.6 Å². The van der Waals surface area contributed by atoms with Crippen molar-refractivity contribution in [2.75, 3.05) is 5.32 Å². The third kappa shape index (κ3) is 3.29. The van der Waals surface area contributed by atoms with Crippen LogP contribution in [0.4, 0.5) is 28.4 Å². The van der Waals surface area contributed by atoms with E-state index in [9.17, 15) is 45.7 Å². The number of phenols is 3. The molecule has 0 unspecified atom stereocenters. The summed E-state index contributed by atoms with van der Waals surface area (Å²) in [5.41, 5.74) is -4.29. The first kappa shape index (κ1) is 17.2. The third-order valence-electron chi connectivity index (χ3n) is 3.02. The van der Waals surface area contributed by atoms with E-state index in [0.717, 1.165) is 12.1 Å². The lowest BCUT2D eigenvalue weighted by Crippen LogP contribution is -2.04. The minimum atomic E-state index is -1.10. The van der Waals surface area contributed by atoms with Crippen LogP contribution in [-0.2, 0) is 0 Å². The van der Waals surface area contributed by atoms with Gasteiger partial charge in [0.2, 0.25) is 0 Å². The molecule has 0 fully saturated rings. The van der Waals surface area contributed by atoms with E-state index in [0.29, 0.717) is 12.1 Å². The van der Waals surface area contributed by atoms with E-state index in [4.69, 9.17) is 0 Å². The van der Waals surface area contributed by atoms with Crippen molar-refractivity contribution in [3.8, 4) is 17.2 Å². The van der Waals surface area contributed by atoms with E-state index in [2.05, 4.69) is 5.32 Å². The third-order valence-corrected chi connectivity index (χ3v) is 3.02. The van der Waals surface area contributed by atoms with Crippen LogP contribution in [0.15, 0.2) is 24.3 Å². The molecule has 0 spiro atoms. The standard InChI is InChI=1S/C12H8N4O9/c17-6-3-9(18)12(10(19)4-6)13-11-7(15(22)23)1-5(14(20)21)2-8(11)16(24)25/h1-4,13,17-19H. The fourth-order valence-corrected chi connectivity index (χ4v) is 1.97. The maximum atomic E-state index is 11.1. The minimum Gasteiger partial charge on any atom is -0.508 e. The first-order chi connectivity index (χ1) is 11.6. The summed E-state index contributed by atoms with van der Waals surface area (Å²) in [6.45, 7) is 0. The maximum absolute atomic E-state index is 11.1. The zero-order valence-electron chi connectivity index (χ0n) is 11.9. The van der Waals surface area contributed by atoms with Gasteiger partial charge in [-0.1, -0.05) is 0 Å². The van der Waals surface area contributed by atoms with Crippen molar-refractivity contribution in [1.82, 2.24) is 0 Å². The number of phenolic OH excluding ortho intramolecular Hbond substituents is 3.